The summed E-state index contributed by atoms with van der Waals surface area (Å²) >= 11 is 0. The van der Waals surface area contributed by atoms with Gasteiger partial charge in [-0.05, 0) is 37.1 Å². The highest BCUT2D eigenvalue weighted by Gasteiger charge is 2.22. The minimum atomic E-state index is -2.82. The topological polar surface area (TPSA) is 78.0 Å². The van der Waals surface area contributed by atoms with Crippen LogP contribution in [0.5, 0.6) is 5.75 Å². The lowest BCUT2D eigenvalue weighted by Gasteiger charge is -2.35. The van der Waals surface area contributed by atoms with E-state index in [-0.39, 0.29) is 17.7 Å². The van der Waals surface area contributed by atoms with Crippen molar-refractivity contribution >= 4 is 17.6 Å². The van der Waals surface area contributed by atoms with E-state index in [4.69, 9.17) is 0 Å². The number of nitrogens with zero attached hydrogens (tertiary/aromatic N) is 2. The third kappa shape index (κ3) is 7.68. The van der Waals surface area contributed by atoms with Crippen molar-refractivity contribution in [2.45, 2.75) is 46.3 Å². The molecular formula is C21H33F2N5O2. The minimum Gasteiger partial charge on any atom is -0.435 e. The molecule has 3 N–H and O–H groups in total. The lowest BCUT2D eigenvalue weighted by Crippen LogP contribution is -2.52. The highest BCUT2D eigenvalue weighted by atomic mass is 19.3. The second-order valence-corrected chi connectivity index (χ2v) is 8.31. The third-order valence-corrected chi connectivity index (χ3v) is 4.80. The number of piperidine rings is 1. The van der Waals surface area contributed by atoms with E-state index in [0.29, 0.717) is 19.0 Å². The van der Waals surface area contributed by atoms with E-state index in [2.05, 4.69) is 30.6 Å². The fourth-order valence-electron chi connectivity index (χ4n) is 3.18. The predicted octanol–water partition coefficient (Wildman–Crippen LogP) is 2.58. The number of carbonyl (C=O) groups is 1. The van der Waals surface area contributed by atoms with E-state index >= 15 is 0 Å². The molecule has 0 aliphatic carbocycles. The number of nitrogens with one attached hydrogen (secondary N) is 3. The van der Waals surface area contributed by atoms with Crippen LogP contribution in [0.25, 0.3) is 0 Å². The molecule has 1 atom stereocenters. The van der Waals surface area contributed by atoms with Crippen molar-refractivity contribution in [1.29, 1.82) is 0 Å². The van der Waals surface area contributed by atoms with Crippen LogP contribution in [0.4, 0.5) is 14.5 Å². The summed E-state index contributed by atoms with van der Waals surface area (Å²) in [5.41, 5.74) is 0.561. The molecule has 1 aliphatic rings. The molecule has 1 heterocycles. The highest BCUT2D eigenvalue weighted by Crippen LogP contribution is 2.23. The van der Waals surface area contributed by atoms with Crippen LogP contribution in [0.15, 0.2) is 29.3 Å². The zero-order chi connectivity index (χ0) is 22.1. The van der Waals surface area contributed by atoms with E-state index in [9.17, 15) is 13.6 Å². The zero-order valence-corrected chi connectivity index (χ0v) is 18.2. The number of anilines is 1. The molecule has 0 bridgehead atoms. The Morgan fingerprint density at radius 3 is 2.50 bits per heavy atom. The molecule has 1 aromatic rings. The molecule has 9 heteroatoms. The van der Waals surface area contributed by atoms with E-state index in [0.717, 1.165) is 31.6 Å². The molecular weight excluding hydrogens is 392 g/mol. The lowest BCUT2D eigenvalue weighted by atomic mass is 9.96. The molecule has 2 rings (SSSR count). The number of guanidine groups is 1. The molecule has 168 valence electrons. The van der Waals surface area contributed by atoms with Crippen molar-refractivity contribution in [3.63, 3.8) is 0 Å². The maximum Gasteiger partial charge on any atom is 0.387 e. The lowest BCUT2D eigenvalue weighted by molar-refractivity contribution is -0.128. The average Bonchev–Trinajstić information content (AvgIpc) is 2.69. The summed E-state index contributed by atoms with van der Waals surface area (Å²) in [4.78, 5) is 18.4. The second kappa shape index (κ2) is 11.0. The Morgan fingerprint density at radius 2 is 1.90 bits per heavy atom. The molecule has 1 aromatic carbocycles. The predicted molar refractivity (Wildman–Crippen MR) is 115 cm³/mol. The molecule has 1 unspecified atom stereocenters. The van der Waals surface area contributed by atoms with Gasteiger partial charge in [0.1, 0.15) is 5.75 Å². The van der Waals surface area contributed by atoms with Crippen LogP contribution in [0.3, 0.4) is 0 Å². The molecule has 0 spiro atoms. The Morgan fingerprint density at radius 1 is 1.23 bits per heavy atom. The summed E-state index contributed by atoms with van der Waals surface area (Å²) in [7, 11) is 1.71. The first-order chi connectivity index (χ1) is 14.2. The summed E-state index contributed by atoms with van der Waals surface area (Å²) < 4.78 is 29.0. The van der Waals surface area contributed by atoms with Gasteiger partial charge in [-0.15, -0.1) is 0 Å². The molecule has 1 saturated heterocycles. The molecule has 0 saturated carbocycles. The van der Waals surface area contributed by atoms with Crippen LogP contribution in [-0.2, 0) is 4.79 Å². The first-order valence-electron chi connectivity index (χ1n) is 10.2. The summed E-state index contributed by atoms with van der Waals surface area (Å²) in [6.45, 7) is 5.58. The van der Waals surface area contributed by atoms with Crippen LogP contribution < -0.4 is 25.6 Å². The van der Waals surface area contributed by atoms with E-state index in [1.54, 1.807) is 31.3 Å². The minimum absolute atomic E-state index is 0.0140. The van der Waals surface area contributed by atoms with Gasteiger partial charge in [0.2, 0.25) is 5.91 Å². The number of halogens is 2. The van der Waals surface area contributed by atoms with Crippen molar-refractivity contribution in [3.8, 4) is 5.75 Å². The van der Waals surface area contributed by atoms with Crippen LogP contribution in [0.2, 0.25) is 0 Å². The van der Waals surface area contributed by atoms with Gasteiger partial charge in [0, 0.05) is 50.4 Å². The molecule has 0 aromatic heterocycles. The monoisotopic (exact) mass is 425 g/mol. The van der Waals surface area contributed by atoms with Crippen LogP contribution >= 0.6 is 0 Å². The van der Waals surface area contributed by atoms with Gasteiger partial charge in [-0.1, -0.05) is 20.8 Å². The molecule has 30 heavy (non-hydrogen) atoms. The summed E-state index contributed by atoms with van der Waals surface area (Å²) in [6, 6.07) is 6.91. The number of alkyl halides is 2. The first-order valence-corrected chi connectivity index (χ1v) is 10.2. The van der Waals surface area contributed by atoms with Crippen LogP contribution in [0, 0.1) is 5.41 Å². The quantitative estimate of drug-likeness (QED) is 0.356. The molecule has 0 radical (unpaired) electrons. The molecule has 1 amide bonds. The highest BCUT2D eigenvalue weighted by molar-refractivity contribution is 5.82. The Hall–Kier alpha value is -2.58. The number of amides is 1. The van der Waals surface area contributed by atoms with Crippen molar-refractivity contribution < 1.29 is 18.3 Å². The SMILES string of the molecule is CN=C(NCCNC(=O)C(C)(C)C)NC1CCCN(c2ccc(OC(F)F)cc2)C1. The first kappa shape index (κ1) is 23.7. The Bertz CT molecular complexity index is 704. The maximum atomic E-state index is 12.3. The fourth-order valence-corrected chi connectivity index (χ4v) is 3.18. The van der Waals surface area contributed by atoms with Gasteiger partial charge in [0.25, 0.3) is 0 Å². The molecule has 1 fully saturated rings. The van der Waals surface area contributed by atoms with E-state index in [1.165, 1.54) is 0 Å². The number of hydrogen-bond donors (Lipinski definition) is 3. The maximum absolute atomic E-state index is 12.3. The van der Waals surface area contributed by atoms with Gasteiger partial charge in [-0.25, -0.2) is 0 Å². The van der Waals surface area contributed by atoms with Crippen molar-refractivity contribution in [2.24, 2.45) is 10.4 Å². The zero-order valence-electron chi connectivity index (χ0n) is 18.2. The summed E-state index contributed by atoms with van der Waals surface area (Å²) in [5.74, 6) is 0.858. The standard InChI is InChI=1S/C21H33F2N5O2/c1-21(2,3)18(29)25-11-12-26-20(24-4)27-15-6-5-13-28(14-15)16-7-9-17(10-8-16)30-19(22)23/h7-10,15,19H,5-6,11-14H2,1-4H3,(H,25,29)(H2,24,26,27). The fraction of sp³-hybridized carbons (Fsp3) is 0.619. The van der Waals surface area contributed by atoms with Gasteiger partial charge in [0.15, 0.2) is 5.96 Å². The summed E-state index contributed by atoms with van der Waals surface area (Å²) in [5, 5.41) is 9.54. The average molecular weight is 426 g/mol. The van der Waals surface area contributed by atoms with Gasteiger partial charge in [-0.3, -0.25) is 9.79 Å². The largest absolute Gasteiger partial charge is 0.435 e. The van der Waals surface area contributed by atoms with Gasteiger partial charge in [-0.2, -0.15) is 8.78 Å². The van der Waals surface area contributed by atoms with Crippen LogP contribution in [-0.4, -0.2) is 57.7 Å². The van der Waals surface area contributed by atoms with Gasteiger partial charge < -0.3 is 25.6 Å². The number of carbonyl (C=O) groups excluding carboxylic acids is 1. The smallest absolute Gasteiger partial charge is 0.387 e. The second-order valence-electron chi connectivity index (χ2n) is 8.31. The number of rotatable bonds is 7. The Kier molecular flexibility index (Phi) is 8.68. The van der Waals surface area contributed by atoms with Crippen molar-refractivity contribution in [1.82, 2.24) is 16.0 Å². The van der Waals surface area contributed by atoms with Crippen molar-refractivity contribution in [3.05, 3.63) is 24.3 Å². The Balaban J connectivity index is 1.80. The number of hydrogen-bond acceptors (Lipinski definition) is 4. The number of ether oxygens (including phenoxy) is 1. The van der Waals surface area contributed by atoms with Gasteiger partial charge >= 0.3 is 6.61 Å². The van der Waals surface area contributed by atoms with Crippen molar-refractivity contribution in [2.75, 3.05) is 38.1 Å². The third-order valence-electron chi connectivity index (χ3n) is 4.80. The normalized spacial score (nSPS) is 17.6. The van der Waals surface area contributed by atoms with E-state index in [1.807, 2.05) is 20.8 Å². The molecule has 7 nitrogen and oxygen atoms in total. The number of benzene rings is 1. The Labute approximate surface area is 177 Å². The van der Waals surface area contributed by atoms with E-state index < -0.39 is 12.0 Å². The van der Waals surface area contributed by atoms with Gasteiger partial charge in [0.05, 0.1) is 0 Å². The van der Waals surface area contributed by atoms with Crippen LogP contribution in [0.1, 0.15) is 33.6 Å². The summed E-state index contributed by atoms with van der Waals surface area (Å²) in [6.07, 6.45) is 2.01. The molecule has 1 aliphatic heterocycles. The number of aliphatic imine (C=N–C) groups is 1.